The third-order valence-electron chi connectivity index (χ3n) is 4.13. The molecular formula is C12H21NO5S. The zero-order valence-electron chi connectivity index (χ0n) is 10.9. The molecule has 2 fully saturated rings. The molecule has 2 N–H and O–H groups in total. The van der Waals surface area contributed by atoms with Gasteiger partial charge in [0.15, 0.2) is 0 Å². The molecule has 0 radical (unpaired) electrons. The Morgan fingerprint density at radius 1 is 1.21 bits per heavy atom. The highest BCUT2D eigenvalue weighted by molar-refractivity contribution is 7.90. The van der Waals surface area contributed by atoms with Gasteiger partial charge in [0.1, 0.15) is 0 Å². The van der Waals surface area contributed by atoms with Gasteiger partial charge < -0.3 is 9.84 Å². The second-order valence-electron chi connectivity index (χ2n) is 5.34. The molecule has 1 saturated heterocycles. The summed E-state index contributed by atoms with van der Waals surface area (Å²) >= 11 is 0. The number of carboxylic acid groups (broad SMARTS) is 1. The molecule has 1 aliphatic carbocycles. The molecule has 1 heterocycles. The van der Waals surface area contributed by atoms with E-state index in [0.29, 0.717) is 32.5 Å². The molecule has 0 aromatic carbocycles. The first-order chi connectivity index (χ1) is 9.00. The normalized spacial score (nSPS) is 29.5. The molecule has 2 atom stereocenters. The molecule has 0 amide bonds. The van der Waals surface area contributed by atoms with Crippen molar-refractivity contribution in [3.8, 4) is 0 Å². The summed E-state index contributed by atoms with van der Waals surface area (Å²) in [6, 6.07) is 0. The minimum absolute atomic E-state index is 0.0767. The molecule has 2 rings (SSSR count). The number of ether oxygens (including phenoxy) is 1. The summed E-state index contributed by atoms with van der Waals surface area (Å²) in [5, 5.41) is 8.67. The number of nitrogens with one attached hydrogen (secondary N) is 1. The number of carbonyl (C=O) groups is 1. The van der Waals surface area contributed by atoms with Gasteiger partial charge in [0.2, 0.25) is 10.0 Å². The van der Waals surface area contributed by atoms with Crippen molar-refractivity contribution in [2.75, 3.05) is 19.8 Å². The quantitative estimate of drug-likeness (QED) is 0.773. The number of hydrogen-bond acceptors (Lipinski definition) is 4. The van der Waals surface area contributed by atoms with Crippen LogP contribution in [0.1, 0.15) is 32.1 Å². The Labute approximate surface area is 113 Å². The second-order valence-corrected chi connectivity index (χ2v) is 7.39. The fraction of sp³-hybridized carbons (Fsp3) is 0.917. The predicted molar refractivity (Wildman–Crippen MR) is 69.2 cm³/mol. The van der Waals surface area contributed by atoms with E-state index in [4.69, 9.17) is 9.84 Å². The van der Waals surface area contributed by atoms with E-state index in [2.05, 4.69) is 4.72 Å². The van der Waals surface area contributed by atoms with Crippen LogP contribution in [0.25, 0.3) is 0 Å². The van der Waals surface area contributed by atoms with Gasteiger partial charge in [-0.05, 0) is 31.6 Å². The summed E-state index contributed by atoms with van der Waals surface area (Å²) in [6.07, 6.45) is 3.33. The van der Waals surface area contributed by atoms with Crippen LogP contribution >= 0.6 is 0 Å². The Balaban J connectivity index is 1.88. The third kappa shape index (κ3) is 3.67. The average molecular weight is 291 g/mol. The van der Waals surface area contributed by atoms with E-state index in [1.54, 1.807) is 0 Å². The molecule has 6 nitrogen and oxygen atoms in total. The molecule has 2 aliphatic rings. The molecule has 2 unspecified atom stereocenters. The van der Waals surface area contributed by atoms with Crippen LogP contribution in [-0.2, 0) is 19.6 Å². The van der Waals surface area contributed by atoms with Gasteiger partial charge >= 0.3 is 5.97 Å². The van der Waals surface area contributed by atoms with Gasteiger partial charge in [-0.15, -0.1) is 0 Å². The van der Waals surface area contributed by atoms with Crippen molar-refractivity contribution in [3.63, 3.8) is 0 Å². The fourth-order valence-electron chi connectivity index (χ4n) is 2.93. The van der Waals surface area contributed by atoms with Crippen LogP contribution in [0.5, 0.6) is 0 Å². The van der Waals surface area contributed by atoms with E-state index < -0.39 is 27.2 Å². The molecular weight excluding hydrogens is 270 g/mol. The molecule has 0 bridgehead atoms. The van der Waals surface area contributed by atoms with Gasteiger partial charge in [-0.3, -0.25) is 4.79 Å². The standard InChI is InChI=1S/C12H21NO5S/c14-12(15)11-3-1-2-9(11)8-13-19(16,17)10-4-6-18-7-5-10/h9-11,13H,1-8H2,(H,14,15). The Morgan fingerprint density at radius 2 is 1.89 bits per heavy atom. The molecule has 0 aromatic rings. The van der Waals surface area contributed by atoms with Crippen LogP contribution in [-0.4, -0.2) is 44.5 Å². The number of hydrogen-bond donors (Lipinski definition) is 2. The highest BCUT2D eigenvalue weighted by atomic mass is 32.2. The van der Waals surface area contributed by atoms with E-state index in [-0.39, 0.29) is 12.5 Å². The van der Waals surface area contributed by atoms with Crippen LogP contribution in [0, 0.1) is 11.8 Å². The Morgan fingerprint density at radius 3 is 2.53 bits per heavy atom. The van der Waals surface area contributed by atoms with Crippen LogP contribution in [0.2, 0.25) is 0 Å². The van der Waals surface area contributed by atoms with Gasteiger partial charge in [0.25, 0.3) is 0 Å². The Kier molecular flexibility index (Phi) is 4.81. The van der Waals surface area contributed by atoms with E-state index in [9.17, 15) is 13.2 Å². The summed E-state index contributed by atoms with van der Waals surface area (Å²) in [5.41, 5.74) is 0. The lowest BCUT2D eigenvalue weighted by Gasteiger charge is -2.24. The maximum atomic E-state index is 12.1. The third-order valence-corrected chi connectivity index (χ3v) is 6.05. The van der Waals surface area contributed by atoms with Crippen molar-refractivity contribution in [1.29, 1.82) is 0 Å². The Hall–Kier alpha value is -0.660. The monoisotopic (exact) mass is 291 g/mol. The first kappa shape index (κ1) is 14.7. The van der Waals surface area contributed by atoms with E-state index in [0.717, 1.165) is 12.8 Å². The number of aliphatic carboxylic acids is 1. The topological polar surface area (TPSA) is 92.7 Å². The number of rotatable bonds is 5. The highest BCUT2D eigenvalue weighted by Gasteiger charge is 2.35. The minimum Gasteiger partial charge on any atom is -0.481 e. The average Bonchev–Trinajstić information content (AvgIpc) is 2.86. The zero-order chi connectivity index (χ0) is 13.9. The van der Waals surface area contributed by atoms with Gasteiger partial charge in [-0.25, -0.2) is 13.1 Å². The van der Waals surface area contributed by atoms with Crippen LogP contribution in [0.3, 0.4) is 0 Å². The minimum atomic E-state index is -3.34. The molecule has 110 valence electrons. The summed E-state index contributed by atoms with van der Waals surface area (Å²) in [5.74, 6) is -1.29. The lowest BCUT2D eigenvalue weighted by molar-refractivity contribution is -0.142. The van der Waals surface area contributed by atoms with Crippen molar-refractivity contribution in [2.45, 2.75) is 37.4 Å². The fourth-order valence-corrected chi connectivity index (χ4v) is 4.43. The van der Waals surface area contributed by atoms with Gasteiger partial charge in [-0.2, -0.15) is 0 Å². The second kappa shape index (κ2) is 6.19. The van der Waals surface area contributed by atoms with Gasteiger partial charge in [0.05, 0.1) is 11.2 Å². The van der Waals surface area contributed by atoms with Crippen LogP contribution in [0.4, 0.5) is 0 Å². The largest absolute Gasteiger partial charge is 0.481 e. The maximum absolute atomic E-state index is 12.1. The zero-order valence-corrected chi connectivity index (χ0v) is 11.7. The number of sulfonamides is 1. The first-order valence-corrected chi connectivity index (χ1v) is 8.34. The molecule has 7 heteroatoms. The molecule has 0 spiro atoms. The van der Waals surface area contributed by atoms with Gasteiger partial charge in [0, 0.05) is 19.8 Å². The summed E-state index contributed by atoms with van der Waals surface area (Å²) in [6.45, 7) is 1.20. The predicted octanol–water partition coefficient (Wildman–Crippen LogP) is 0.586. The SMILES string of the molecule is O=C(O)C1CCCC1CNS(=O)(=O)C1CCOCC1. The lowest BCUT2D eigenvalue weighted by Crippen LogP contribution is -2.41. The van der Waals surface area contributed by atoms with Crippen molar-refractivity contribution < 1.29 is 23.1 Å². The maximum Gasteiger partial charge on any atom is 0.306 e. The summed E-state index contributed by atoms with van der Waals surface area (Å²) in [7, 11) is -3.34. The molecule has 1 saturated carbocycles. The highest BCUT2D eigenvalue weighted by Crippen LogP contribution is 2.31. The van der Waals surface area contributed by atoms with E-state index in [1.807, 2.05) is 0 Å². The van der Waals surface area contributed by atoms with Crippen LogP contribution in [0.15, 0.2) is 0 Å². The lowest BCUT2D eigenvalue weighted by atomic mass is 9.97. The smallest absolute Gasteiger partial charge is 0.306 e. The summed E-state index contributed by atoms with van der Waals surface area (Å²) < 4.78 is 32.0. The van der Waals surface area contributed by atoms with Crippen molar-refractivity contribution >= 4 is 16.0 Å². The summed E-state index contributed by atoms with van der Waals surface area (Å²) in [4.78, 5) is 11.0. The van der Waals surface area contributed by atoms with E-state index in [1.165, 1.54) is 0 Å². The van der Waals surface area contributed by atoms with Gasteiger partial charge in [-0.1, -0.05) is 6.42 Å². The molecule has 19 heavy (non-hydrogen) atoms. The van der Waals surface area contributed by atoms with Crippen molar-refractivity contribution in [1.82, 2.24) is 4.72 Å². The Bertz CT molecular complexity index is 416. The van der Waals surface area contributed by atoms with E-state index >= 15 is 0 Å². The molecule has 0 aromatic heterocycles. The first-order valence-electron chi connectivity index (χ1n) is 6.80. The van der Waals surface area contributed by atoms with Crippen LogP contribution < -0.4 is 4.72 Å². The van der Waals surface area contributed by atoms with Crippen molar-refractivity contribution in [3.05, 3.63) is 0 Å². The number of carboxylic acids is 1. The van der Waals surface area contributed by atoms with Crippen molar-refractivity contribution in [2.24, 2.45) is 11.8 Å². The molecule has 1 aliphatic heterocycles.